The summed E-state index contributed by atoms with van der Waals surface area (Å²) in [6, 6.07) is 11.7. The molecule has 0 unspecified atom stereocenters. The number of methoxy groups -OCH3 is 1. The van der Waals surface area contributed by atoms with Crippen LogP contribution in [0, 0.1) is 5.82 Å². The minimum absolute atomic E-state index is 0.0738. The highest BCUT2D eigenvalue weighted by Crippen LogP contribution is 2.15. The van der Waals surface area contributed by atoms with Crippen molar-refractivity contribution in [2.75, 3.05) is 19.0 Å². The Morgan fingerprint density at radius 3 is 2.23 bits per heavy atom. The van der Waals surface area contributed by atoms with E-state index in [2.05, 4.69) is 5.32 Å². The van der Waals surface area contributed by atoms with E-state index in [0.29, 0.717) is 11.4 Å². The first-order chi connectivity index (χ1) is 12.5. The predicted octanol–water partition coefficient (Wildman–Crippen LogP) is 2.98. The van der Waals surface area contributed by atoms with Crippen LogP contribution in [0.1, 0.15) is 23.2 Å². The van der Waals surface area contributed by atoms with Crippen LogP contribution < -0.4 is 10.1 Å². The van der Waals surface area contributed by atoms with Crippen LogP contribution in [-0.4, -0.2) is 31.4 Å². The summed E-state index contributed by atoms with van der Waals surface area (Å²) in [5.41, 5.74) is 0.826. The number of hydrogen-bond acceptors (Lipinski definition) is 5. The van der Waals surface area contributed by atoms with Crippen LogP contribution in [0.25, 0.3) is 0 Å². The molecule has 2 aromatic carbocycles. The van der Waals surface area contributed by atoms with Crippen molar-refractivity contribution in [2.24, 2.45) is 0 Å². The van der Waals surface area contributed by atoms with Gasteiger partial charge in [0.2, 0.25) is 5.91 Å². The zero-order valence-corrected chi connectivity index (χ0v) is 14.2. The smallest absolute Gasteiger partial charge is 0.306 e. The van der Waals surface area contributed by atoms with Gasteiger partial charge in [-0.1, -0.05) is 0 Å². The molecule has 0 aliphatic heterocycles. The Morgan fingerprint density at radius 2 is 1.62 bits per heavy atom. The molecule has 2 rings (SSSR count). The van der Waals surface area contributed by atoms with Gasteiger partial charge in [0.1, 0.15) is 11.6 Å². The highest BCUT2D eigenvalue weighted by Gasteiger charge is 2.12. The van der Waals surface area contributed by atoms with Gasteiger partial charge < -0.3 is 14.8 Å². The lowest BCUT2D eigenvalue weighted by Crippen LogP contribution is -2.17. The normalized spacial score (nSPS) is 10.1. The van der Waals surface area contributed by atoms with Gasteiger partial charge >= 0.3 is 5.97 Å². The summed E-state index contributed by atoms with van der Waals surface area (Å²) in [4.78, 5) is 35.3. The van der Waals surface area contributed by atoms with Gasteiger partial charge in [0.05, 0.1) is 13.5 Å². The molecule has 0 saturated carbocycles. The third-order valence-electron chi connectivity index (χ3n) is 3.46. The standard InChI is InChI=1S/C19H18FNO5/c1-25-16-8-6-15(7-9-16)21-18(23)10-11-19(24)26-12-17(22)13-2-4-14(20)5-3-13/h2-9H,10-12H2,1H3,(H,21,23). The molecular weight excluding hydrogens is 341 g/mol. The number of nitrogens with one attached hydrogen (secondary N) is 1. The van der Waals surface area contributed by atoms with E-state index in [4.69, 9.17) is 9.47 Å². The fourth-order valence-corrected chi connectivity index (χ4v) is 2.05. The molecule has 0 fully saturated rings. The molecular formula is C19H18FNO5. The van der Waals surface area contributed by atoms with Crippen molar-refractivity contribution in [3.63, 3.8) is 0 Å². The lowest BCUT2D eigenvalue weighted by molar-refractivity contribution is -0.143. The minimum atomic E-state index is -0.662. The number of rotatable bonds is 8. The Morgan fingerprint density at radius 1 is 0.962 bits per heavy atom. The van der Waals surface area contributed by atoms with Gasteiger partial charge in [0, 0.05) is 17.7 Å². The first-order valence-electron chi connectivity index (χ1n) is 7.86. The summed E-state index contributed by atoms with van der Waals surface area (Å²) in [5, 5.41) is 2.64. The number of ether oxygens (including phenoxy) is 2. The van der Waals surface area contributed by atoms with Crippen LogP contribution in [-0.2, 0) is 14.3 Å². The Bertz CT molecular complexity index is 772. The molecule has 1 N–H and O–H groups in total. The van der Waals surface area contributed by atoms with E-state index < -0.39 is 24.2 Å². The number of anilines is 1. The molecule has 136 valence electrons. The molecule has 0 spiro atoms. The van der Waals surface area contributed by atoms with Gasteiger partial charge in [0.25, 0.3) is 0 Å². The average molecular weight is 359 g/mol. The molecule has 0 atom stereocenters. The average Bonchev–Trinajstić information content (AvgIpc) is 2.65. The Labute approximate surface area is 149 Å². The molecule has 0 saturated heterocycles. The third-order valence-corrected chi connectivity index (χ3v) is 3.46. The second-order valence-electron chi connectivity index (χ2n) is 5.37. The van der Waals surface area contributed by atoms with E-state index in [1.54, 1.807) is 31.4 Å². The van der Waals surface area contributed by atoms with Crippen LogP contribution in [0.15, 0.2) is 48.5 Å². The highest BCUT2D eigenvalue weighted by molar-refractivity contribution is 5.98. The van der Waals surface area contributed by atoms with E-state index in [0.717, 1.165) is 12.1 Å². The lowest BCUT2D eigenvalue weighted by Gasteiger charge is -2.07. The highest BCUT2D eigenvalue weighted by atomic mass is 19.1. The van der Waals surface area contributed by atoms with Crippen molar-refractivity contribution in [1.29, 1.82) is 0 Å². The van der Waals surface area contributed by atoms with Crippen molar-refractivity contribution < 1.29 is 28.2 Å². The van der Waals surface area contributed by atoms with Crippen molar-refractivity contribution in [1.82, 2.24) is 0 Å². The number of carbonyl (C=O) groups excluding carboxylic acids is 3. The van der Waals surface area contributed by atoms with Crippen LogP contribution >= 0.6 is 0 Å². The summed E-state index contributed by atoms with van der Waals surface area (Å²) in [5.74, 6) is -1.25. The van der Waals surface area contributed by atoms with E-state index >= 15 is 0 Å². The summed E-state index contributed by atoms with van der Waals surface area (Å²) in [6.07, 6.45) is -0.228. The number of amides is 1. The molecule has 0 aliphatic carbocycles. The minimum Gasteiger partial charge on any atom is -0.497 e. The van der Waals surface area contributed by atoms with Crippen molar-refractivity contribution >= 4 is 23.3 Å². The van der Waals surface area contributed by atoms with Gasteiger partial charge in [0.15, 0.2) is 12.4 Å². The predicted molar refractivity (Wildman–Crippen MR) is 92.5 cm³/mol. The van der Waals surface area contributed by atoms with Gasteiger partial charge in [-0.15, -0.1) is 0 Å². The largest absolute Gasteiger partial charge is 0.497 e. The number of halogens is 1. The molecule has 7 heteroatoms. The van der Waals surface area contributed by atoms with E-state index in [1.807, 2.05) is 0 Å². The summed E-state index contributed by atoms with van der Waals surface area (Å²) in [6.45, 7) is -0.454. The maximum atomic E-state index is 12.8. The fourth-order valence-electron chi connectivity index (χ4n) is 2.05. The van der Waals surface area contributed by atoms with Gasteiger partial charge in [-0.3, -0.25) is 14.4 Å². The quantitative estimate of drug-likeness (QED) is 0.579. The molecule has 0 aliphatic rings. The lowest BCUT2D eigenvalue weighted by atomic mass is 10.1. The van der Waals surface area contributed by atoms with Gasteiger partial charge in [-0.2, -0.15) is 0 Å². The molecule has 0 aromatic heterocycles. The number of hydrogen-bond donors (Lipinski definition) is 1. The number of carbonyl (C=O) groups is 3. The van der Waals surface area contributed by atoms with Crippen molar-refractivity contribution in [3.05, 3.63) is 59.9 Å². The van der Waals surface area contributed by atoms with Crippen molar-refractivity contribution in [2.45, 2.75) is 12.8 Å². The van der Waals surface area contributed by atoms with Crippen LogP contribution in [0.2, 0.25) is 0 Å². The zero-order chi connectivity index (χ0) is 18.9. The molecule has 0 radical (unpaired) electrons. The topological polar surface area (TPSA) is 81.7 Å². The second kappa shape index (κ2) is 9.31. The summed E-state index contributed by atoms with van der Waals surface area (Å²) < 4.78 is 22.7. The number of esters is 1. The Kier molecular flexibility index (Phi) is 6.84. The summed E-state index contributed by atoms with van der Waals surface area (Å²) >= 11 is 0. The third kappa shape index (κ3) is 6.01. The molecule has 2 aromatic rings. The van der Waals surface area contributed by atoms with Crippen LogP contribution in [0.4, 0.5) is 10.1 Å². The number of ketones is 1. The van der Waals surface area contributed by atoms with Crippen molar-refractivity contribution in [3.8, 4) is 5.75 Å². The fraction of sp³-hybridized carbons (Fsp3) is 0.211. The molecule has 26 heavy (non-hydrogen) atoms. The van der Waals surface area contributed by atoms with E-state index in [9.17, 15) is 18.8 Å². The first kappa shape index (κ1) is 19.1. The SMILES string of the molecule is COc1ccc(NC(=O)CCC(=O)OCC(=O)c2ccc(F)cc2)cc1. The maximum Gasteiger partial charge on any atom is 0.306 e. The number of benzene rings is 2. The number of Topliss-reactive ketones (excluding diaryl/α,β-unsaturated/α-hetero) is 1. The zero-order valence-electron chi connectivity index (χ0n) is 14.2. The molecule has 1 amide bonds. The summed E-state index contributed by atoms with van der Waals surface area (Å²) in [7, 11) is 1.54. The Balaban J connectivity index is 1.71. The molecule has 0 heterocycles. The second-order valence-corrected chi connectivity index (χ2v) is 5.37. The van der Waals surface area contributed by atoms with Gasteiger partial charge in [-0.05, 0) is 48.5 Å². The molecule has 6 nitrogen and oxygen atoms in total. The van der Waals surface area contributed by atoms with Gasteiger partial charge in [-0.25, -0.2) is 4.39 Å². The molecule has 0 bridgehead atoms. The van der Waals surface area contributed by atoms with Crippen LogP contribution in [0.5, 0.6) is 5.75 Å². The maximum absolute atomic E-state index is 12.8. The van der Waals surface area contributed by atoms with Crippen LogP contribution in [0.3, 0.4) is 0 Å². The monoisotopic (exact) mass is 359 g/mol. The van der Waals surface area contributed by atoms with E-state index in [1.165, 1.54) is 12.1 Å². The Hall–Kier alpha value is -3.22. The van der Waals surface area contributed by atoms with E-state index in [-0.39, 0.29) is 24.3 Å². The first-order valence-corrected chi connectivity index (χ1v) is 7.86.